The highest BCUT2D eigenvalue weighted by Crippen LogP contribution is 2.27. The van der Waals surface area contributed by atoms with Gasteiger partial charge in [-0.1, -0.05) is 0 Å². The van der Waals surface area contributed by atoms with Gasteiger partial charge in [-0.15, -0.1) is 12.3 Å². The van der Waals surface area contributed by atoms with Crippen molar-refractivity contribution in [2.24, 2.45) is 0 Å². The van der Waals surface area contributed by atoms with Crippen LogP contribution in [0.2, 0.25) is 0 Å². The summed E-state index contributed by atoms with van der Waals surface area (Å²) in [6, 6.07) is 4.99. The largest absolute Gasteiger partial charge is 0.493 e. The van der Waals surface area contributed by atoms with Crippen molar-refractivity contribution in [3.63, 3.8) is 0 Å². The molecule has 1 amide bonds. The average molecular weight is 233 g/mol. The van der Waals surface area contributed by atoms with E-state index in [1.54, 1.807) is 25.3 Å². The molecule has 0 radical (unpaired) electrons. The van der Waals surface area contributed by atoms with E-state index in [4.69, 9.17) is 15.9 Å². The Labute approximate surface area is 101 Å². The molecular formula is C13H15NO3. The zero-order valence-corrected chi connectivity index (χ0v) is 9.95. The molecule has 0 bridgehead atoms. The van der Waals surface area contributed by atoms with Crippen molar-refractivity contribution in [2.75, 3.05) is 20.8 Å². The molecule has 0 unspecified atom stereocenters. The molecule has 4 heteroatoms. The smallest absolute Gasteiger partial charge is 0.251 e. The van der Waals surface area contributed by atoms with Crippen LogP contribution in [-0.2, 0) is 0 Å². The Morgan fingerprint density at radius 3 is 2.65 bits per heavy atom. The van der Waals surface area contributed by atoms with Crippen LogP contribution in [-0.4, -0.2) is 26.7 Å². The Hall–Kier alpha value is -2.15. The van der Waals surface area contributed by atoms with E-state index in [9.17, 15) is 4.79 Å². The number of methoxy groups -OCH3 is 2. The molecule has 0 fully saturated rings. The van der Waals surface area contributed by atoms with Gasteiger partial charge in [0.05, 0.1) is 14.2 Å². The quantitative estimate of drug-likeness (QED) is 0.618. The second-order valence-electron chi connectivity index (χ2n) is 3.28. The number of amides is 1. The zero-order chi connectivity index (χ0) is 12.7. The van der Waals surface area contributed by atoms with Crippen molar-refractivity contribution in [3.05, 3.63) is 23.8 Å². The lowest BCUT2D eigenvalue weighted by Crippen LogP contribution is -2.24. The maximum absolute atomic E-state index is 11.7. The summed E-state index contributed by atoms with van der Waals surface area (Å²) in [6.45, 7) is 0.462. The number of benzene rings is 1. The molecule has 90 valence electrons. The minimum atomic E-state index is -0.179. The molecule has 0 aromatic heterocycles. The topological polar surface area (TPSA) is 47.6 Å². The van der Waals surface area contributed by atoms with Gasteiger partial charge in [-0.25, -0.2) is 0 Å². The zero-order valence-electron chi connectivity index (χ0n) is 9.95. The highest BCUT2D eigenvalue weighted by Gasteiger charge is 2.09. The lowest BCUT2D eigenvalue weighted by Gasteiger charge is -2.09. The Morgan fingerprint density at radius 2 is 2.06 bits per heavy atom. The number of rotatable bonds is 5. The highest BCUT2D eigenvalue weighted by molar-refractivity contribution is 5.94. The summed E-state index contributed by atoms with van der Waals surface area (Å²) in [5.74, 6) is 3.39. The van der Waals surface area contributed by atoms with Gasteiger partial charge in [0, 0.05) is 18.5 Å². The van der Waals surface area contributed by atoms with E-state index >= 15 is 0 Å². The summed E-state index contributed by atoms with van der Waals surface area (Å²) in [5.41, 5.74) is 0.514. The van der Waals surface area contributed by atoms with Crippen LogP contribution in [0.4, 0.5) is 0 Å². The molecule has 0 saturated carbocycles. The van der Waals surface area contributed by atoms with E-state index in [1.165, 1.54) is 7.11 Å². The van der Waals surface area contributed by atoms with Crippen molar-refractivity contribution in [2.45, 2.75) is 6.42 Å². The SMILES string of the molecule is C#CCCNC(=O)c1ccc(OC)c(OC)c1. The van der Waals surface area contributed by atoms with E-state index in [2.05, 4.69) is 11.2 Å². The molecule has 0 saturated heterocycles. The molecule has 1 aromatic carbocycles. The van der Waals surface area contributed by atoms with Gasteiger partial charge in [0.2, 0.25) is 0 Å². The van der Waals surface area contributed by atoms with Gasteiger partial charge in [0.15, 0.2) is 11.5 Å². The molecule has 1 N–H and O–H groups in total. The Morgan fingerprint density at radius 1 is 1.35 bits per heavy atom. The molecule has 0 spiro atoms. The first-order chi connectivity index (χ1) is 8.22. The van der Waals surface area contributed by atoms with Crippen LogP contribution in [0.3, 0.4) is 0 Å². The fourth-order valence-corrected chi connectivity index (χ4v) is 1.33. The van der Waals surface area contributed by atoms with Crippen LogP contribution in [0.15, 0.2) is 18.2 Å². The molecule has 4 nitrogen and oxygen atoms in total. The third-order valence-corrected chi connectivity index (χ3v) is 2.20. The fraction of sp³-hybridized carbons (Fsp3) is 0.308. The Balaban J connectivity index is 2.78. The van der Waals surface area contributed by atoms with E-state index in [0.29, 0.717) is 30.0 Å². The Bertz CT molecular complexity index is 435. The van der Waals surface area contributed by atoms with Crippen molar-refractivity contribution in [1.82, 2.24) is 5.32 Å². The summed E-state index contributed by atoms with van der Waals surface area (Å²) < 4.78 is 10.2. The van der Waals surface area contributed by atoms with Gasteiger partial charge in [-0.2, -0.15) is 0 Å². The van der Waals surface area contributed by atoms with Gasteiger partial charge in [0.1, 0.15) is 0 Å². The van der Waals surface area contributed by atoms with Crippen LogP contribution < -0.4 is 14.8 Å². The van der Waals surface area contributed by atoms with E-state index in [0.717, 1.165) is 0 Å². The standard InChI is InChI=1S/C13H15NO3/c1-4-5-8-14-13(15)10-6-7-11(16-2)12(9-10)17-3/h1,6-7,9H,5,8H2,2-3H3,(H,14,15). The van der Waals surface area contributed by atoms with Crippen LogP contribution in [0.5, 0.6) is 11.5 Å². The molecule has 0 aliphatic carbocycles. The van der Waals surface area contributed by atoms with Crippen molar-refractivity contribution >= 4 is 5.91 Å². The van der Waals surface area contributed by atoms with Crippen molar-refractivity contribution < 1.29 is 14.3 Å². The summed E-state index contributed by atoms with van der Waals surface area (Å²) in [4.78, 5) is 11.7. The van der Waals surface area contributed by atoms with Gasteiger partial charge >= 0.3 is 0 Å². The van der Waals surface area contributed by atoms with Crippen LogP contribution in [0.1, 0.15) is 16.8 Å². The van der Waals surface area contributed by atoms with Crippen LogP contribution in [0.25, 0.3) is 0 Å². The maximum Gasteiger partial charge on any atom is 0.251 e. The van der Waals surface area contributed by atoms with Crippen molar-refractivity contribution in [1.29, 1.82) is 0 Å². The number of ether oxygens (including phenoxy) is 2. The van der Waals surface area contributed by atoms with Gasteiger partial charge < -0.3 is 14.8 Å². The van der Waals surface area contributed by atoms with Gasteiger partial charge in [0.25, 0.3) is 5.91 Å². The minimum absolute atomic E-state index is 0.179. The molecule has 1 rings (SSSR count). The lowest BCUT2D eigenvalue weighted by atomic mass is 10.2. The average Bonchev–Trinajstić information content (AvgIpc) is 2.38. The predicted octanol–water partition coefficient (Wildman–Crippen LogP) is 1.46. The summed E-state index contributed by atoms with van der Waals surface area (Å²) in [7, 11) is 3.07. The summed E-state index contributed by atoms with van der Waals surface area (Å²) in [6.07, 6.45) is 5.61. The highest BCUT2D eigenvalue weighted by atomic mass is 16.5. The molecular weight excluding hydrogens is 218 g/mol. The number of nitrogens with one attached hydrogen (secondary N) is 1. The minimum Gasteiger partial charge on any atom is -0.493 e. The number of carbonyl (C=O) groups excluding carboxylic acids is 1. The van der Waals surface area contributed by atoms with Crippen LogP contribution >= 0.6 is 0 Å². The third-order valence-electron chi connectivity index (χ3n) is 2.20. The molecule has 1 aromatic rings. The van der Waals surface area contributed by atoms with E-state index in [1.807, 2.05) is 0 Å². The fourth-order valence-electron chi connectivity index (χ4n) is 1.33. The van der Waals surface area contributed by atoms with Gasteiger partial charge in [-0.05, 0) is 18.2 Å². The summed E-state index contributed by atoms with van der Waals surface area (Å²) in [5, 5.41) is 2.71. The third kappa shape index (κ3) is 3.42. The lowest BCUT2D eigenvalue weighted by molar-refractivity contribution is 0.0954. The molecule has 0 atom stereocenters. The van der Waals surface area contributed by atoms with E-state index < -0.39 is 0 Å². The monoisotopic (exact) mass is 233 g/mol. The molecule has 0 heterocycles. The summed E-state index contributed by atoms with van der Waals surface area (Å²) >= 11 is 0. The predicted molar refractivity (Wildman–Crippen MR) is 65.3 cm³/mol. The first-order valence-corrected chi connectivity index (χ1v) is 5.16. The van der Waals surface area contributed by atoms with Crippen LogP contribution in [0, 0.1) is 12.3 Å². The molecule has 0 aliphatic heterocycles. The van der Waals surface area contributed by atoms with Gasteiger partial charge in [-0.3, -0.25) is 4.79 Å². The maximum atomic E-state index is 11.7. The molecule has 0 aliphatic rings. The molecule has 17 heavy (non-hydrogen) atoms. The number of hydrogen-bond acceptors (Lipinski definition) is 3. The van der Waals surface area contributed by atoms with Crippen molar-refractivity contribution in [3.8, 4) is 23.8 Å². The first-order valence-electron chi connectivity index (χ1n) is 5.16. The number of hydrogen-bond donors (Lipinski definition) is 1. The number of carbonyl (C=O) groups is 1. The van der Waals surface area contributed by atoms with E-state index in [-0.39, 0.29) is 5.91 Å². The number of terminal acetylenes is 1. The Kier molecular flexibility index (Phi) is 4.89. The second-order valence-corrected chi connectivity index (χ2v) is 3.28. The normalized spacial score (nSPS) is 9.24. The first kappa shape index (κ1) is 12.9. The second kappa shape index (κ2) is 6.44.